The molecule has 10 heteroatoms. The lowest BCUT2D eigenvalue weighted by Gasteiger charge is -2.16. The molecule has 0 unspecified atom stereocenters. The zero-order valence-corrected chi connectivity index (χ0v) is 20.3. The van der Waals surface area contributed by atoms with Gasteiger partial charge in [0.15, 0.2) is 0 Å². The predicted molar refractivity (Wildman–Crippen MR) is 139 cm³/mol. The van der Waals surface area contributed by atoms with Crippen LogP contribution in [0.4, 0.5) is 5.69 Å². The molecule has 1 aliphatic carbocycles. The Balaban J connectivity index is 0.000000819. The lowest BCUT2D eigenvalue weighted by atomic mass is 10.1. The Morgan fingerprint density at radius 2 is 1.81 bits per heavy atom. The molecule has 0 saturated heterocycles. The van der Waals surface area contributed by atoms with E-state index in [-0.39, 0.29) is 17.2 Å². The van der Waals surface area contributed by atoms with E-state index in [9.17, 15) is 9.59 Å². The molecule has 1 heterocycles. The van der Waals surface area contributed by atoms with Crippen LogP contribution in [0.1, 0.15) is 19.8 Å². The van der Waals surface area contributed by atoms with E-state index in [1.54, 1.807) is 23.0 Å². The highest BCUT2D eigenvalue weighted by atomic mass is 16.5. The van der Waals surface area contributed by atoms with Gasteiger partial charge in [-0.1, -0.05) is 50.1 Å². The van der Waals surface area contributed by atoms with Gasteiger partial charge >= 0.3 is 0 Å². The highest BCUT2D eigenvalue weighted by Gasteiger charge is 2.16. The first-order valence-corrected chi connectivity index (χ1v) is 11.4. The molecule has 0 atom stereocenters. The monoisotopic (exact) mass is 489 g/mol. The summed E-state index contributed by atoms with van der Waals surface area (Å²) in [4.78, 5) is 22.3. The zero-order chi connectivity index (χ0) is 26.1. The van der Waals surface area contributed by atoms with E-state index >= 15 is 0 Å². The molecule has 2 amide bonds. The maximum atomic E-state index is 11.6. The van der Waals surface area contributed by atoms with E-state index in [1.165, 1.54) is 26.0 Å². The van der Waals surface area contributed by atoms with Gasteiger partial charge in [0.25, 0.3) is 5.91 Å². The van der Waals surface area contributed by atoms with Crippen molar-refractivity contribution in [2.45, 2.75) is 19.8 Å². The molecule has 8 N–H and O–H groups in total. The summed E-state index contributed by atoms with van der Waals surface area (Å²) in [6.45, 7) is 2.28. The summed E-state index contributed by atoms with van der Waals surface area (Å²) < 4.78 is 7.39. The first kappa shape index (κ1) is 25.9. The van der Waals surface area contributed by atoms with Crippen LogP contribution in [-0.2, 0) is 9.59 Å². The number of carbonyl (C=O) groups is 2. The summed E-state index contributed by atoms with van der Waals surface area (Å²) in [5.41, 5.74) is 19.7. The SMILES string of the molecule is CC1CC1.COc1c(NC(/C=C(\N)NC=O)=C(/N)C(N)=O)cccc1-c1cnn(-c2ccccc2)c1. The maximum absolute atomic E-state index is 11.6. The highest BCUT2D eigenvalue weighted by Crippen LogP contribution is 2.37. The van der Waals surface area contributed by atoms with Crippen LogP contribution in [0.2, 0.25) is 0 Å². The van der Waals surface area contributed by atoms with E-state index < -0.39 is 5.91 Å². The number of nitrogens with two attached hydrogens (primary N) is 3. The van der Waals surface area contributed by atoms with Crippen LogP contribution in [0.3, 0.4) is 0 Å². The molecule has 188 valence electrons. The molecule has 3 aromatic rings. The van der Waals surface area contributed by atoms with Crippen LogP contribution in [0.5, 0.6) is 5.75 Å². The number of methoxy groups -OCH3 is 1. The van der Waals surface area contributed by atoms with Gasteiger partial charge in [-0.3, -0.25) is 9.59 Å². The summed E-state index contributed by atoms with van der Waals surface area (Å²) in [6.07, 6.45) is 8.25. The van der Waals surface area contributed by atoms with Crippen molar-refractivity contribution in [3.8, 4) is 22.6 Å². The van der Waals surface area contributed by atoms with Gasteiger partial charge in [0.2, 0.25) is 6.41 Å². The van der Waals surface area contributed by atoms with Gasteiger partial charge in [0.05, 0.1) is 30.4 Å². The molecule has 36 heavy (non-hydrogen) atoms. The number of benzene rings is 2. The minimum atomic E-state index is -0.859. The van der Waals surface area contributed by atoms with Crippen LogP contribution in [-0.4, -0.2) is 29.2 Å². The number of aromatic nitrogens is 2. The zero-order valence-electron chi connectivity index (χ0n) is 20.3. The van der Waals surface area contributed by atoms with E-state index in [1.807, 2.05) is 42.6 Å². The number of hydrogen-bond acceptors (Lipinski definition) is 7. The van der Waals surface area contributed by atoms with Crippen molar-refractivity contribution in [3.63, 3.8) is 0 Å². The van der Waals surface area contributed by atoms with Crippen molar-refractivity contribution >= 4 is 18.0 Å². The number of amides is 2. The Morgan fingerprint density at radius 1 is 1.11 bits per heavy atom. The van der Waals surface area contributed by atoms with Gasteiger partial charge in [-0.05, 0) is 24.1 Å². The fraction of sp³-hybridized carbons (Fsp3) is 0.192. The first-order valence-electron chi connectivity index (χ1n) is 11.4. The van der Waals surface area contributed by atoms with Gasteiger partial charge in [0, 0.05) is 23.4 Å². The summed E-state index contributed by atoms with van der Waals surface area (Å²) in [5, 5.41) is 9.70. The second kappa shape index (κ2) is 12.1. The van der Waals surface area contributed by atoms with E-state index in [0.29, 0.717) is 17.8 Å². The highest BCUT2D eigenvalue weighted by molar-refractivity contribution is 5.93. The van der Waals surface area contributed by atoms with Crippen LogP contribution < -0.4 is 32.6 Å². The molecule has 1 saturated carbocycles. The number of nitrogens with zero attached hydrogens (tertiary/aromatic N) is 2. The largest absolute Gasteiger partial charge is 0.494 e. The summed E-state index contributed by atoms with van der Waals surface area (Å²) in [5.74, 6) is 0.665. The number of carbonyl (C=O) groups excluding carboxylic acids is 2. The first-order chi connectivity index (χ1) is 17.3. The third-order valence-corrected chi connectivity index (χ3v) is 5.35. The number of nitrogens with one attached hydrogen (secondary N) is 2. The Morgan fingerprint density at radius 3 is 2.39 bits per heavy atom. The fourth-order valence-corrected chi connectivity index (χ4v) is 3.16. The Bertz CT molecular complexity index is 1260. The fourth-order valence-electron chi connectivity index (χ4n) is 3.16. The van der Waals surface area contributed by atoms with Crippen LogP contribution in [0.25, 0.3) is 16.8 Å². The van der Waals surface area contributed by atoms with Gasteiger partial charge in [-0.15, -0.1) is 0 Å². The maximum Gasteiger partial charge on any atom is 0.266 e. The molecular weight excluding hydrogens is 458 g/mol. The number of allylic oxidation sites excluding steroid dienone is 1. The van der Waals surface area contributed by atoms with Gasteiger partial charge in [-0.25, -0.2) is 4.68 Å². The summed E-state index contributed by atoms with van der Waals surface area (Å²) in [6, 6.07) is 15.1. The number of anilines is 1. The van der Waals surface area contributed by atoms with Crippen molar-refractivity contribution in [3.05, 3.63) is 84.2 Å². The number of primary amides is 1. The third-order valence-electron chi connectivity index (χ3n) is 5.35. The van der Waals surface area contributed by atoms with Crippen molar-refractivity contribution in [1.29, 1.82) is 0 Å². The Kier molecular flexibility index (Phi) is 8.71. The van der Waals surface area contributed by atoms with E-state index in [4.69, 9.17) is 21.9 Å². The number of ether oxygens (including phenoxy) is 1. The standard InChI is InChI=1S/C22H23N7O3.C4H8/c1-32-21-16(14-11-27-29(12-14)15-6-3-2-4-7-15)8-5-9-17(21)28-18(20(24)22(25)31)10-19(23)26-13-30;1-4-2-3-4/h2-13,28H,23-24H2,1H3,(H2,25,31)(H,26,30);4H,2-3H2,1H3/b19-10+,20-18+;. The van der Waals surface area contributed by atoms with Crippen LogP contribution >= 0.6 is 0 Å². The minimum Gasteiger partial charge on any atom is -0.494 e. The van der Waals surface area contributed by atoms with E-state index in [0.717, 1.165) is 22.7 Å². The molecule has 0 radical (unpaired) electrons. The summed E-state index contributed by atoms with van der Waals surface area (Å²) >= 11 is 0. The lowest BCUT2D eigenvalue weighted by Crippen LogP contribution is -2.25. The second-order valence-corrected chi connectivity index (χ2v) is 8.26. The lowest BCUT2D eigenvalue weighted by molar-refractivity contribution is -0.114. The van der Waals surface area contributed by atoms with Crippen molar-refractivity contribution in [2.24, 2.45) is 23.1 Å². The Hall–Kier alpha value is -4.73. The normalized spacial score (nSPS) is 13.6. The number of rotatable bonds is 9. The average Bonchev–Trinajstić information content (AvgIpc) is 3.50. The summed E-state index contributed by atoms with van der Waals surface area (Å²) in [7, 11) is 1.52. The number of hydrogen-bond donors (Lipinski definition) is 5. The van der Waals surface area contributed by atoms with Crippen LogP contribution in [0.15, 0.2) is 84.2 Å². The Labute approximate surface area is 209 Å². The second-order valence-electron chi connectivity index (χ2n) is 8.26. The van der Waals surface area contributed by atoms with Crippen molar-refractivity contribution in [2.75, 3.05) is 12.4 Å². The van der Waals surface area contributed by atoms with Crippen LogP contribution in [0, 0.1) is 5.92 Å². The van der Waals surface area contributed by atoms with Crippen molar-refractivity contribution in [1.82, 2.24) is 15.1 Å². The van der Waals surface area contributed by atoms with Gasteiger partial charge < -0.3 is 32.6 Å². The topological polar surface area (TPSA) is 163 Å². The predicted octanol–water partition coefficient (Wildman–Crippen LogP) is 2.58. The molecule has 10 nitrogen and oxygen atoms in total. The molecule has 1 fully saturated rings. The molecule has 0 spiro atoms. The quantitative estimate of drug-likeness (QED) is 0.175. The molecule has 1 aliphatic rings. The molecule has 0 bridgehead atoms. The third kappa shape index (κ3) is 6.89. The minimum absolute atomic E-state index is 0.0361. The van der Waals surface area contributed by atoms with E-state index in [2.05, 4.69) is 22.7 Å². The smallest absolute Gasteiger partial charge is 0.266 e. The average molecular weight is 490 g/mol. The molecule has 1 aromatic heterocycles. The molecule has 2 aromatic carbocycles. The van der Waals surface area contributed by atoms with Gasteiger partial charge in [-0.2, -0.15) is 5.10 Å². The molecule has 0 aliphatic heterocycles. The van der Waals surface area contributed by atoms with Crippen molar-refractivity contribution < 1.29 is 14.3 Å². The number of para-hydroxylation sites is 2. The molecular formula is C26H31N7O3. The van der Waals surface area contributed by atoms with Gasteiger partial charge in [0.1, 0.15) is 17.3 Å². The molecule has 4 rings (SSSR count).